The number of phenols is 1. The first-order chi connectivity index (χ1) is 8.54. The Bertz CT molecular complexity index is 464. The lowest BCUT2D eigenvalue weighted by molar-refractivity contribution is -0.143. The largest absolute Gasteiger partial charge is 0.508 e. The highest BCUT2D eigenvalue weighted by atomic mass is 16.5. The van der Waals surface area contributed by atoms with Gasteiger partial charge in [-0.15, -0.1) is 0 Å². The second-order valence-electron chi connectivity index (χ2n) is 3.27. The van der Waals surface area contributed by atoms with Crippen molar-refractivity contribution in [3.8, 4) is 5.75 Å². The van der Waals surface area contributed by atoms with E-state index in [2.05, 4.69) is 10.1 Å². The molecule has 0 unspecified atom stereocenters. The molecule has 0 radical (unpaired) electrons. The lowest BCUT2D eigenvalue weighted by Crippen LogP contribution is -2.16. The smallest absolute Gasteiger partial charge is 0.347 e. The van der Waals surface area contributed by atoms with E-state index in [1.165, 1.54) is 24.3 Å². The molecular weight excluding hydrogens is 238 g/mol. The van der Waals surface area contributed by atoms with E-state index in [1.807, 2.05) is 0 Å². The summed E-state index contributed by atoms with van der Waals surface area (Å²) in [5.74, 6) is -2.19. The zero-order valence-corrected chi connectivity index (χ0v) is 9.71. The van der Waals surface area contributed by atoms with E-state index in [0.717, 1.165) is 6.20 Å². The van der Waals surface area contributed by atoms with Gasteiger partial charge in [-0.05, 0) is 31.2 Å². The Morgan fingerprint density at radius 1 is 1.33 bits per heavy atom. The first kappa shape index (κ1) is 13.6. The third-order valence-corrected chi connectivity index (χ3v) is 1.98. The van der Waals surface area contributed by atoms with Crippen LogP contribution in [0.5, 0.6) is 5.75 Å². The van der Waals surface area contributed by atoms with Crippen LogP contribution in [0.1, 0.15) is 6.92 Å². The van der Waals surface area contributed by atoms with Crippen LogP contribution in [-0.2, 0) is 14.3 Å². The summed E-state index contributed by atoms with van der Waals surface area (Å²) in [6.07, 6.45) is 1.05. The number of benzene rings is 1. The van der Waals surface area contributed by atoms with E-state index in [4.69, 9.17) is 10.2 Å². The number of aromatic hydroxyl groups is 1. The van der Waals surface area contributed by atoms with Crippen LogP contribution < -0.4 is 5.32 Å². The average Bonchev–Trinajstić information content (AvgIpc) is 2.31. The van der Waals surface area contributed by atoms with Crippen molar-refractivity contribution in [1.82, 2.24) is 0 Å². The number of carboxylic acids is 1. The first-order valence-electron chi connectivity index (χ1n) is 5.20. The molecule has 0 heterocycles. The second kappa shape index (κ2) is 6.29. The molecule has 6 heteroatoms. The minimum Gasteiger partial charge on any atom is -0.508 e. The number of phenolic OH excluding ortho intramolecular Hbond substituents is 1. The molecule has 0 bridgehead atoms. The molecule has 0 aliphatic rings. The van der Waals surface area contributed by atoms with Crippen LogP contribution in [0.3, 0.4) is 0 Å². The maximum absolute atomic E-state index is 11.3. The van der Waals surface area contributed by atoms with Gasteiger partial charge < -0.3 is 20.3 Å². The number of anilines is 1. The van der Waals surface area contributed by atoms with Crippen molar-refractivity contribution < 1.29 is 24.5 Å². The molecule has 1 aromatic rings. The van der Waals surface area contributed by atoms with Crippen molar-refractivity contribution >= 4 is 17.6 Å². The van der Waals surface area contributed by atoms with Crippen LogP contribution in [0, 0.1) is 0 Å². The fourth-order valence-electron chi connectivity index (χ4n) is 1.13. The standard InChI is InChI=1S/C12H13NO5/c1-2-18-12(17)10(11(15)16)7-13-8-3-5-9(14)6-4-8/h3-7,13-14H,2H2,1H3,(H,15,16). The van der Waals surface area contributed by atoms with E-state index in [-0.39, 0.29) is 12.4 Å². The molecule has 0 saturated heterocycles. The van der Waals surface area contributed by atoms with Gasteiger partial charge in [0.05, 0.1) is 6.61 Å². The lowest BCUT2D eigenvalue weighted by Gasteiger charge is -2.04. The third-order valence-electron chi connectivity index (χ3n) is 1.98. The number of ether oxygens (including phenoxy) is 1. The Labute approximate surface area is 104 Å². The number of nitrogens with one attached hydrogen (secondary N) is 1. The molecule has 0 amide bonds. The molecule has 1 rings (SSSR count). The molecule has 0 fully saturated rings. The van der Waals surface area contributed by atoms with Gasteiger partial charge in [0.15, 0.2) is 5.57 Å². The molecule has 18 heavy (non-hydrogen) atoms. The van der Waals surface area contributed by atoms with E-state index in [1.54, 1.807) is 6.92 Å². The molecule has 0 aliphatic carbocycles. The molecule has 0 aromatic heterocycles. The summed E-state index contributed by atoms with van der Waals surface area (Å²) < 4.78 is 4.60. The van der Waals surface area contributed by atoms with Gasteiger partial charge in [0.1, 0.15) is 5.75 Å². The molecule has 6 nitrogen and oxygen atoms in total. The van der Waals surface area contributed by atoms with Crippen molar-refractivity contribution in [2.45, 2.75) is 6.92 Å². The van der Waals surface area contributed by atoms with Crippen molar-refractivity contribution in [1.29, 1.82) is 0 Å². The van der Waals surface area contributed by atoms with Gasteiger partial charge in [-0.3, -0.25) is 0 Å². The predicted octanol–water partition coefficient (Wildman–Crippen LogP) is 1.34. The van der Waals surface area contributed by atoms with Crippen LogP contribution in [-0.4, -0.2) is 28.8 Å². The number of aliphatic carboxylic acids is 1. The van der Waals surface area contributed by atoms with Crippen LogP contribution in [0.15, 0.2) is 36.0 Å². The Balaban J connectivity index is 2.80. The fourth-order valence-corrected chi connectivity index (χ4v) is 1.13. The molecule has 0 saturated carbocycles. The Kier molecular flexibility index (Phi) is 4.74. The number of hydrogen-bond donors (Lipinski definition) is 3. The van der Waals surface area contributed by atoms with Crippen molar-refractivity contribution in [2.75, 3.05) is 11.9 Å². The predicted molar refractivity (Wildman–Crippen MR) is 64.1 cm³/mol. The van der Waals surface area contributed by atoms with Gasteiger partial charge in [-0.25, -0.2) is 9.59 Å². The van der Waals surface area contributed by atoms with Crippen LogP contribution in [0.4, 0.5) is 5.69 Å². The third kappa shape index (κ3) is 3.82. The second-order valence-corrected chi connectivity index (χ2v) is 3.27. The zero-order chi connectivity index (χ0) is 13.5. The Hall–Kier alpha value is -2.50. The minimum atomic E-state index is -1.38. The van der Waals surface area contributed by atoms with Gasteiger partial charge in [-0.2, -0.15) is 0 Å². The zero-order valence-electron chi connectivity index (χ0n) is 9.71. The summed E-state index contributed by atoms with van der Waals surface area (Å²) in [6.45, 7) is 1.69. The van der Waals surface area contributed by atoms with Crippen LogP contribution in [0.2, 0.25) is 0 Å². The normalized spacial score (nSPS) is 10.8. The van der Waals surface area contributed by atoms with Crippen molar-refractivity contribution in [3.63, 3.8) is 0 Å². The lowest BCUT2D eigenvalue weighted by atomic mass is 10.2. The van der Waals surface area contributed by atoms with Gasteiger partial charge >= 0.3 is 11.9 Å². The molecule has 96 valence electrons. The van der Waals surface area contributed by atoms with E-state index in [0.29, 0.717) is 5.69 Å². The summed E-state index contributed by atoms with van der Waals surface area (Å²) in [5, 5.41) is 20.6. The quantitative estimate of drug-likeness (QED) is 0.240. The number of rotatable bonds is 5. The van der Waals surface area contributed by atoms with Crippen molar-refractivity contribution in [2.24, 2.45) is 0 Å². The Morgan fingerprint density at radius 2 is 1.94 bits per heavy atom. The monoisotopic (exact) mass is 251 g/mol. The highest BCUT2D eigenvalue weighted by Gasteiger charge is 2.18. The highest BCUT2D eigenvalue weighted by Crippen LogP contribution is 2.14. The topological polar surface area (TPSA) is 95.9 Å². The van der Waals surface area contributed by atoms with Crippen LogP contribution >= 0.6 is 0 Å². The molecule has 0 aliphatic heterocycles. The molecule has 1 aromatic carbocycles. The average molecular weight is 251 g/mol. The molecular formula is C12H13NO5. The number of carboxylic acid groups (broad SMARTS) is 1. The molecule has 3 N–H and O–H groups in total. The summed E-state index contributed by atoms with van der Waals surface area (Å²) >= 11 is 0. The van der Waals surface area contributed by atoms with Gasteiger partial charge in [0.25, 0.3) is 0 Å². The van der Waals surface area contributed by atoms with E-state index >= 15 is 0 Å². The first-order valence-corrected chi connectivity index (χ1v) is 5.20. The summed E-state index contributed by atoms with van der Waals surface area (Å²) in [4.78, 5) is 22.2. The van der Waals surface area contributed by atoms with Crippen LogP contribution in [0.25, 0.3) is 0 Å². The molecule has 0 spiro atoms. The van der Waals surface area contributed by atoms with E-state index < -0.39 is 17.5 Å². The minimum absolute atomic E-state index is 0.0911. The van der Waals surface area contributed by atoms with Crippen molar-refractivity contribution in [3.05, 3.63) is 36.0 Å². The van der Waals surface area contributed by atoms with E-state index in [9.17, 15) is 9.59 Å². The fraction of sp³-hybridized carbons (Fsp3) is 0.167. The van der Waals surface area contributed by atoms with Gasteiger partial charge in [0.2, 0.25) is 0 Å². The van der Waals surface area contributed by atoms with Gasteiger partial charge in [-0.1, -0.05) is 0 Å². The van der Waals surface area contributed by atoms with Gasteiger partial charge in [0, 0.05) is 11.9 Å². The summed E-state index contributed by atoms with van der Waals surface area (Å²) in [6, 6.07) is 5.94. The number of carbonyl (C=O) groups excluding carboxylic acids is 1. The summed E-state index contributed by atoms with van der Waals surface area (Å²) in [7, 11) is 0. The number of hydrogen-bond acceptors (Lipinski definition) is 5. The highest BCUT2D eigenvalue weighted by molar-refractivity contribution is 6.13. The summed E-state index contributed by atoms with van der Waals surface area (Å²) in [5.41, 5.74) is 0.0424. The Morgan fingerprint density at radius 3 is 2.44 bits per heavy atom. The maximum Gasteiger partial charge on any atom is 0.347 e. The number of carbonyl (C=O) groups is 2. The molecule has 0 atom stereocenters. The SMILES string of the molecule is CCOC(=O)C(=CNc1ccc(O)cc1)C(=O)O. The number of esters is 1. The maximum atomic E-state index is 11.3.